The number of anilines is 1. The number of ether oxygens (including phenoxy) is 2. The molecule has 0 radical (unpaired) electrons. The minimum Gasteiger partial charge on any atom is -0.479 e. The summed E-state index contributed by atoms with van der Waals surface area (Å²) in [6.07, 6.45) is 2.25. The number of aromatic nitrogens is 3. The number of aryl methyl sites for hydroxylation is 1. The summed E-state index contributed by atoms with van der Waals surface area (Å²) in [7, 11) is 3.13. The summed E-state index contributed by atoms with van der Waals surface area (Å²) in [6, 6.07) is 2.02. The van der Waals surface area contributed by atoms with Crippen molar-refractivity contribution in [3.8, 4) is 5.88 Å². The zero-order valence-electron chi connectivity index (χ0n) is 17.7. The van der Waals surface area contributed by atoms with Crippen LogP contribution in [0.1, 0.15) is 16.8 Å². The molecule has 3 aromatic rings. The number of hydrogen-bond acceptors (Lipinski definition) is 7. The Hall–Kier alpha value is -2.34. The van der Waals surface area contributed by atoms with Crippen LogP contribution in [0.25, 0.3) is 10.2 Å². The lowest BCUT2D eigenvalue weighted by atomic mass is 10.2. The molecule has 0 unspecified atom stereocenters. The van der Waals surface area contributed by atoms with E-state index >= 15 is 0 Å². The monoisotopic (exact) mass is 487 g/mol. The maximum absolute atomic E-state index is 14.2. The van der Waals surface area contributed by atoms with Gasteiger partial charge in [0.25, 0.3) is 5.91 Å². The third-order valence-electron chi connectivity index (χ3n) is 5.06. The van der Waals surface area contributed by atoms with Crippen LogP contribution < -0.4 is 9.64 Å². The second kappa shape index (κ2) is 10.5. The molecule has 1 fully saturated rings. The molecule has 0 atom stereocenters. The van der Waals surface area contributed by atoms with Gasteiger partial charge in [-0.05, 0) is 12.5 Å². The summed E-state index contributed by atoms with van der Waals surface area (Å²) in [5.41, 5.74) is 0.327. The van der Waals surface area contributed by atoms with E-state index in [-0.39, 0.29) is 35.3 Å². The third kappa shape index (κ3) is 5.17. The zero-order valence-corrected chi connectivity index (χ0v) is 19.3. The van der Waals surface area contributed by atoms with Gasteiger partial charge in [0, 0.05) is 45.5 Å². The van der Waals surface area contributed by atoms with E-state index in [4.69, 9.17) is 9.47 Å². The van der Waals surface area contributed by atoms with Crippen LogP contribution in [-0.4, -0.2) is 72.1 Å². The van der Waals surface area contributed by atoms with Gasteiger partial charge in [0.2, 0.25) is 5.88 Å². The van der Waals surface area contributed by atoms with Crippen molar-refractivity contribution < 1.29 is 23.0 Å². The number of thiazole rings is 1. The predicted molar refractivity (Wildman–Crippen MR) is 120 cm³/mol. The number of rotatable bonds is 7. The molecule has 0 bridgehead atoms. The van der Waals surface area contributed by atoms with Crippen molar-refractivity contribution in [3.05, 3.63) is 35.5 Å². The Morgan fingerprint density at radius 2 is 2.06 bits per heavy atom. The fraction of sp³-hybridized carbons (Fsp3) is 0.450. The normalized spacial score (nSPS) is 14.4. The summed E-state index contributed by atoms with van der Waals surface area (Å²) < 4.78 is 40.3. The highest BCUT2D eigenvalue weighted by molar-refractivity contribution is 7.22. The molecule has 1 aromatic carbocycles. The molecular weight excluding hydrogens is 464 g/mol. The number of benzene rings is 1. The summed E-state index contributed by atoms with van der Waals surface area (Å²) >= 11 is 1.08. The fourth-order valence-corrected chi connectivity index (χ4v) is 4.56. The Morgan fingerprint density at radius 1 is 1.31 bits per heavy atom. The molecular formula is C20H24ClF2N5O3S. The number of nitrogens with zero attached hydrogens (tertiary/aromatic N) is 5. The topological polar surface area (TPSA) is 72.7 Å². The first-order valence-corrected chi connectivity index (χ1v) is 10.7. The number of fused-ring (bicyclic) bond motifs is 1. The van der Waals surface area contributed by atoms with Crippen molar-refractivity contribution in [3.63, 3.8) is 0 Å². The second-order valence-electron chi connectivity index (χ2n) is 7.22. The van der Waals surface area contributed by atoms with Gasteiger partial charge in [0.15, 0.2) is 10.9 Å². The molecule has 0 saturated carbocycles. The maximum Gasteiger partial charge on any atom is 0.267 e. The first-order valence-electron chi connectivity index (χ1n) is 9.91. The second-order valence-corrected chi connectivity index (χ2v) is 8.23. The lowest BCUT2D eigenvalue weighted by Gasteiger charge is -2.27. The summed E-state index contributed by atoms with van der Waals surface area (Å²) in [5.74, 6) is -1.59. The van der Waals surface area contributed by atoms with Crippen molar-refractivity contribution >= 4 is 45.0 Å². The van der Waals surface area contributed by atoms with E-state index in [0.29, 0.717) is 36.0 Å². The van der Waals surface area contributed by atoms with Crippen molar-refractivity contribution in [2.45, 2.75) is 6.42 Å². The molecule has 1 aliphatic rings. The number of methoxy groups -OCH3 is 1. The van der Waals surface area contributed by atoms with E-state index in [2.05, 4.69) is 15.0 Å². The molecule has 4 rings (SSSR count). The molecule has 1 amide bonds. The lowest BCUT2D eigenvalue weighted by Crippen LogP contribution is -2.39. The average Bonchev–Trinajstić information content (AvgIpc) is 3.35. The zero-order chi connectivity index (χ0) is 22.0. The molecule has 1 aliphatic heterocycles. The lowest BCUT2D eigenvalue weighted by molar-refractivity contribution is 0.0376. The highest BCUT2D eigenvalue weighted by Gasteiger charge is 2.27. The molecule has 8 nitrogen and oxygen atoms in total. The predicted octanol–water partition coefficient (Wildman–Crippen LogP) is 3.11. The standard InChI is InChI=1S/C20H23F2N5O3S.ClH/c1-25-12-14(18(24-25)29-2)19(28)27(5-3-4-26-6-8-30-9-7-26)20-23-17-15(22)10-13(21)11-16(17)31-20;/h10-12H,3-9H2,1-2H3;1H. The minimum atomic E-state index is -0.753. The van der Waals surface area contributed by atoms with Crippen LogP contribution in [0.3, 0.4) is 0 Å². The van der Waals surface area contributed by atoms with Gasteiger partial charge in [-0.2, -0.15) is 0 Å². The van der Waals surface area contributed by atoms with Gasteiger partial charge in [-0.25, -0.2) is 13.8 Å². The minimum absolute atomic E-state index is 0. The molecule has 3 heterocycles. The Kier molecular flexibility index (Phi) is 7.99. The third-order valence-corrected chi connectivity index (χ3v) is 6.08. The number of carbonyl (C=O) groups is 1. The molecule has 174 valence electrons. The Balaban J connectivity index is 0.00000289. The first kappa shape index (κ1) is 24.3. The van der Waals surface area contributed by atoms with Gasteiger partial charge in [-0.3, -0.25) is 19.3 Å². The van der Waals surface area contributed by atoms with Crippen molar-refractivity contribution in [2.75, 3.05) is 51.4 Å². The van der Waals surface area contributed by atoms with E-state index < -0.39 is 11.6 Å². The molecule has 0 aliphatic carbocycles. The highest BCUT2D eigenvalue weighted by Crippen LogP contribution is 2.33. The average molecular weight is 488 g/mol. The maximum atomic E-state index is 14.2. The van der Waals surface area contributed by atoms with E-state index in [0.717, 1.165) is 37.0 Å². The summed E-state index contributed by atoms with van der Waals surface area (Å²) in [6.45, 7) is 4.21. The molecule has 2 aromatic heterocycles. The highest BCUT2D eigenvalue weighted by atomic mass is 35.5. The smallest absolute Gasteiger partial charge is 0.267 e. The van der Waals surface area contributed by atoms with Crippen LogP contribution in [0.5, 0.6) is 5.88 Å². The van der Waals surface area contributed by atoms with Gasteiger partial charge >= 0.3 is 0 Å². The number of amides is 1. The van der Waals surface area contributed by atoms with Crippen molar-refractivity contribution in [2.24, 2.45) is 7.05 Å². The van der Waals surface area contributed by atoms with E-state index in [1.807, 2.05) is 0 Å². The van der Waals surface area contributed by atoms with Crippen LogP contribution in [0.15, 0.2) is 18.3 Å². The van der Waals surface area contributed by atoms with Crippen LogP contribution in [-0.2, 0) is 11.8 Å². The van der Waals surface area contributed by atoms with Gasteiger partial charge in [-0.1, -0.05) is 11.3 Å². The number of carbonyl (C=O) groups excluding carboxylic acids is 1. The van der Waals surface area contributed by atoms with Crippen molar-refractivity contribution in [1.82, 2.24) is 19.7 Å². The number of halogens is 3. The molecule has 0 spiro atoms. The first-order chi connectivity index (χ1) is 15.0. The Labute approximate surface area is 194 Å². The van der Waals surface area contributed by atoms with E-state index in [9.17, 15) is 13.6 Å². The SMILES string of the molecule is COc1nn(C)cc1C(=O)N(CCCN1CCOCC1)c1nc2c(F)cc(F)cc2s1.Cl. The van der Waals surface area contributed by atoms with Crippen LogP contribution in [0.4, 0.5) is 13.9 Å². The summed E-state index contributed by atoms with van der Waals surface area (Å²) in [4.78, 5) is 21.5. The van der Waals surface area contributed by atoms with E-state index in [1.54, 1.807) is 13.2 Å². The fourth-order valence-electron chi connectivity index (χ4n) is 3.53. The largest absolute Gasteiger partial charge is 0.479 e. The van der Waals surface area contributed by atoms with Gasteiger partial charge in [0.1, 0.15) is 16.9 Å². The van der Waals surface area contributed by atoms with Crippen molar-refractivity contribution in [1.29, 1.82) is 0 Å². The van der Waals surface area contributed by atoms with Crippen LogP contribution in [0, 0.1) is 11.6 Å². The molecule has 12 heteroatoms. The van der Waals surface area contributed by atoms with Gasteiger partial charge in [0.05, 0.1) is 25.0 Å². The van der Waals surface area contributed by atoms with Gasteiger partial charge < -0.3 is 9.47 Å². The van der Waals surface area contributed by atoms with E-state index in [1.165, 1.54) is 22.8 Å². The Bertz CT molecular complexity index is 1090. The quantitative estimate of drug-likeness (QED) is 0.510. The number of morpholine rings is 1. The van der Waals surface area contributed by atoms with Gasteiger partial charge in [-0.15, -0.1) is 17.5 Å². The summed E-state index contributed by atoms with van der Waals surface area (Å²) in [5, 5.41) is 4.45. The van der Waals surface area contributed by atoms with Crippen LogP contribution >= 0.6 is 23.7 Å². The number of hydrogen-bond donors (Lipinski definition) is 0. The van der Waals surface area contributed by atoms with Crippen LogP contribution in [0.2, 0.25) is 0 Å². The molecule has 0 N–H and O–H groups in total. The molecule has 32 heavy (non-hydrogen) atoms. The molecule has 1 saturated heterocycles. The Morgan fingerprint density at radius 3 is 2.78 bits per heavy atom.